The normalized spacial score (nSPS) is 10.6. The number of likely N-dealkylation sites (N-methyl/N-ethyl adjacent to an activating group) is 2. The van der Waals surface area contributed by atoms with Crippen LogP contribution in [0.3, 0.4) is 0 Å². The molecule has 0 aliphatic carbocycles. The zero-order valence-corrected chi connectivity index (χ0v) is 10.2. The second-order valence-electron chi connectivity index (χ2n) is 3.94. The van der Waals surface area contributed by atoms with E-state index < -0.39 is 0 Å². The largest absolute Gasteiger partial charge is 0.358 e. The quantitative estimate of drug-likeness (QED) is 0.785. The van der Waals surface area contributed by atoms with Crippen LogP contribution in [-0.4, -0.2) is 31.4 Å². The van der Waals surface area contributed by atoms with Crippen molar-refractivity contribution in [2.75, 3.05) is 20.6 Å². The van der Waals surface area contributed by atoms with Gasteiger partial charge in [-0.25, -0.2) is 4.39 Å². The Morgan fingerprint density at radius 3 is 2.71 bits per heavy atom. The van der Waals surface area contributed by atoms with Crippen LogP contribution in [0, 0.1) is 5.82 Å². The fourth-order valence-electron chi connectivity index (χ4n) is 1.58. The van der Waals surface area contributed by atoms with Crippen molar-refractivity contribution < 1.29 is 9.18 Å². The summed E-state index contributed by atoms with van der Waals surface area (Å²) in [5.74, 6) is -0.373. The average Bonchev–Trinajstić information content (AvgIpc) is 2.31. The van der Waals surface area contributed by atoms with Gasteiger partial charge >= 0.3 is 0 Å². The van der Waals surface area contributed by atoms with Crippen LogP contribution in [-0.2, 0) is 17.9 Å². The average molecular weight is 239 g/mol. The summed E-state index contributed by atoms with van der Waals surface area (Å²) in [5, 5.41) is 2.52. The van der Waals surface area contributed by atoms with Crippen LogP contribution in [0.1, 0.15) is 11.1 Å². The molecular weight excluding hydrogens is 221 g/mol. The number of amides is 1. The minimum Gasteiger partial charge on any atom is -0.358 e. The number of nitrogens with one attached hydrogen (secondary N) is 1. The highest BCUT2D eigenvalue weighted by Gasteiger charge is 2.10. The van der Waals surface area contributed by atoms with E-state index in [2.05, 4.69) is 5.32 Å². The highest BCUT2D eigenvalue weighted by Crippen LogP contribution is 2.13. The van der Waals surface area contributed by atoms with Crippen LogP contribution in [0.25, 0.3) is 0 Å². The van der Waals surface area contributed by atoms with Gasteiger partial charge in [0.15, 0.2) is 0 Å². The summed E-state index contributed by atoms with van der Waals surface area (Å²) in [5.41, 5.74) is 6.49. The zero-order valence-electron chi connectivity index (χ0n) is 10.2. The van der Waals surface area contributed by atoms with Crippen LogP contribution in [0.4, 0.5) is 4.39 Å². The molecule has 0 saturated carbocycles. The number of hydrogen-bond acceptors (Lipinski definition) is 3. The number of carbonyl (C=O) groups excluding carboxylic acids is 1. The molecule has 1 aromatic carbocycles. The smallest absolute Gasteiger partial charge is 0.233 e. The minimum atomic E-state index is -0.279. The van der Waals surface area contributed by atoms with Crippen molar-refractivity contribution in [1.29, 1.82) is 0 Å². The Morgan fingerprint density at radius 1 is 1.47 bits per heavy atom. The summed E-state index contributed by atoms with van der Waals surface area (Å²) in [6, 6.07) is 5.14. The van der Waals surface area contributed by atoms with Gasteiger partial charge in [-0.05, 0) is 7.05 Å². The summed E-state index contributed by atoms with van der Waals surface area (Å²) < 4.78 is 13.8. The van der Waals surface area contributed by atoms with Gasteiger partial charge in [-0.3, -0.25) is 9.69 Å². The zero-order chi connectivity index (χ0) is 12.8. The van der Waals surface area contributed by atoms with Gasteiger partial charge in [0.2, 0.25) is 5.91 Å². The van der Waals surface area contributed by atoms with Gasteiger partial charge in [-0.15, -0.1) is 0 Å². The van der Waals surface area contributed by atoms with Crippen LogP contribution < -0.4 is 11.1 Å². The molecule has 0 atom stereocenters. The van der Waals surface area contributed by atoms with E-state index in [1.807, 2.05) is 0 Å². The molecule has 94 valence electrons. The molecule has 3 N–H and O–H groups in total. The van der Waals surface area contributed by atoms with E-state index in [1.165, 1.54) is 0 Å². The van der Waals surface area contributed by atoms with Gasteiger partial charge in [-0.1, -0.05) is 18.2 Å². The first-order valence-electron chi connectivity index (χ1n) is 5.44. The van der Waals surface area contributed by atoms with Gasteiger partial charge in [0.05, 0.1) is 6.54 Å². The fourth-order valence-corrected chi connectivity index (χ4v) is 1.58. The molecule has 1 rings (SSSR count). The first-order valence-corrected chi connectivity index (χ1v) is 5.44. The molecule has 0 saturated heterocycles. The summed E-state index contributed by atoms with van der Waals surface area (Å²) in [4.78, 5) is 12.9. The molecule has 4 nitrogen and oxygen atoms in total. The van der Waals surface area contributed by atoms with Crippen molar-refractivity contribution in [1.82, 2.24) is 10.2 Å². The maximum absolute atomic E-state index is 13.8. The monoisotopic (exact) mass is 239 g/mol. The Bertz CT molecular complexity index is 395. The fraction of sp³-hybridized carbons (Fsp3) is 0.417. The molecule has 0 heterocycles. The van der Waals surface area contributed by atoms with Crippen LogP contribution >= 0.6 is 0 Å². The Morgan fingerprint density at radius 2 is 2.12 bits per heavy atom. The highest BCUT2D eigenvalue weighted by molar-refractivity contribution is 5.77. The molecule has 17 heavy (non-hydrogen) atoms. The highest BCUT2D eigenvalue weighted by atomic mass is 19.1. The molecule has 0 aromatic heterocycles. The van der Waals surface area contributed by atoms with Crippen LogP contribution in [0.2, 0.25) is 0 Å². The molecule has 0 unspecified atom stereocenters. The second-order valence-corrected chi connectivity index (χ2v) is 3.94. The third kappa shape index (κ3) is 3.80. The molecule has 0 fully saturated rings. The summed E-state index contributed by atoms with van der Waals surface area (Å²) in [6.07, 6.45) is 0. The summed E-state index contributed by atoms with van der Waals surface area (Å²) in [7, 11) is 3.34. The van der Waals surface area contributed by atoms with E-state index >= 15 is 0 Å². The predicted molar refractivity (Wildman–Crippen MR) is 64.7 cm³/mol. The Balaban J connectivity index is 2.71. The van der Waals surface area contributed by atoms with Gasteiger partial charge in [0.1, 0.15) is 5.82 Å². The third-order valence-corrected chi connectivity index (χ3v) is 2.51. The van der Waals surface area contributed by atoms with Gasteiger partial charge in [0, 0.05) is 31.3 Å². The van der Waals surface area contributed by atoms with Crippen molar-refractivity contribution in [3.63, 3.8) is 0 Å². The first kappa shape index (κ1) is 13.6. The van der Waals surface area contributed by atoms with Crippen molar-refractivity contribution >= 4 is 5.91 Å². The van der Waals surface area contributed by atoms with Gasteiger partial charge < -0.3 is 11.1 Å². The van der Waals surface area contributed by atoms with E-state index in [-0.39, 0.29) is 24.8 Å². The lowest BCUT2D eigenvalue weighted by atomic mass is 10.1. The number of nitrogens with zero attached hydrogens (tertiary/aromatic N) is 1. The van der Waals surface area contributed by atoms with Gasteiger partial charge in [0.25, 0.3) is 0 Å². The maximum Gasteiger partial charge on any atom is 0.233 e. The summed E-state index contributed by atoms with van der Waals surface area (Å²) >= 11 is 0. The molecule has 0 spiro atoms. The first-order chi connectivity index (χ1) is 8.08. The van der Waals surface area contributed by atoms with Gasteiger partial charge in [-0.2, -0.15) is 0 Å². The van der Waals surface area contributed by atoms with E-state index in [4.69, 9.17) is 5.73 Å². The topological polar surface area (TPSA) is 58.4 Å². The Hall–Kier alpha value is -1.46. The second kappa shape index (κ2) is 6.32. The lowest BCUT2D eigenvalue weighted by molar-refractivity contribution is -0.121. The predicted octanol–water partition coefficient (Wildman–Crippen LogP) is 0.462. The molecule has 0 bridgehead atoms. The van der Waals surface area contributed by atoms with Crippen molar-refractivity contribution in [3.05, 3.63) is 35.1 Å². The third-order valence-electron chi connectivity index (χ3n) is 2.51. The van der Waals surface area contributed by atoms with Crippen molar-refractivity contribution in [2.45, 2.75) is 13.1 Å². The SMILES string of the molecule is CNC(=O)CN(C)Cc1cccc(CN)c1F. The minimum absolute atomic E-state index is 0.0945. The van der Waals surface area contributed by atoms with E-state index in [1.54, 1.807) is 37.2 Å². The Labute approximate surface area is 101 Å². The van der Waals surface area contributed by atoms with Crippen molar-refractivity contribution in [2.24, 2.45) is 5.73 Å². The molecule has 5 heteroatoms. The molecule has 0 aliphatic rings. The molecule has 1 aromatic rings. The molecule has 0 radical (unpaired) electrons. The number of benzene rings is 1. The van der Waals surface area contributed by atoms with Crippen molar-refractivity contribution in [3.8, 4) is 0 Å². The lowest BCUT2D eigenvalue weighted by Crippen LogP contribution is -2.32. The number of hydrogen-bond donors (Lipinski definition) is 2. The number of nitrogens with two attached hydrogens (primary N) is 1. The summed E-state index contributed by atoms with van der Waals surface area (Å²) in [6.45, 7) is 0.800. The Kier molecular flexibility index (Phi) is 5.06. The van der Waals surface area contributed by atoms with E-state index in [9.17, 15) is 9.18 Å². The number of carbonyl (C=O) groups is 1. The van der Waals surface area contributed by atoms with E-state index in [0.29, 0.717) is 17.7 Å². The standard InChI is InChI=1S/C12H18FN3O/c1-15-11(17)8-16(2)7-10-5-3-4-9(6-14)12(10)13/h3-5H,6-8,14H2,1-2H3,(H,15,17). The number of halogens is 1. The van der Waals surface area contributed by atoms with Crippen LogP contribution in [0.5, 0.6) is 0 Å². The molecule has 0 aliphatic heterocycles. The van der Waals surface area contributed by atoms with Crippen LogP contribution in [0.15, 0.2) is 18.2 Å². The number of rotatable bonds is 5. The molecule has 1 amide bonds. The molecular formula is C12H18FN3O. The maximum atomic E-state index is 13.8. The van der Waals surface area contributed by atoms with E-state index in [0.717, 1.165) is 0 Å². The lowest BCUT2D eigenvalue weighted by Gasteiger charge is -2.16.